The molecule has 0 fully saturated rings. The molecule has 1 amide bonds. The van der Waals surface area contributed by atoms with E-state index in [9.17, 15) is 4.79 Å². The molecule has 0 saturated heterocycles. The maximum Gasteiger partial charge on any atom is 0.231 e. The van der Waals surface area contributed by atoms with Gasteiger partial charge in [-0.1, -0.05) is 24.3 Å². The van der Waals surface area contributed by atoms with Crippen molar-refractivity contribution in [3.05, 3.63) is 53.6 Å². The van der Waals surface area contributed by atoms with Gasteiger partial charge in [0.05, 0.1) is 25.8 Å². The van der Waals surface area contributed by atoms with Gasteiger partial charge in [0.15, 0.2) is 0 Å². The van der Waals surface area contributed by atoms with Crippen LogP contribution in [0.3, 0.4) is 0 Å². The second-order valence-electron chi connectivity index (χ2n) is 5.89. The van der Waals surface area contributed by atoms with Crippen LogP contribution in [-0.2, 0) is 11.2 Å². The largest absolute Gasteiger partial charge is 0.496 e. The molecular weight excluding hydrogens is 290 g/mol. The van der Waals surface area contributed by atoms with Gasteiger partial charge in [0, 0.05) is 5.56 Å². The number of anilines is 1. The summed E-state index contributed by atoms with van der Waals surface area (Å²) < 4.78 is 11.2. The van der Waals surface area contributed by atoms with Crippen LogP contribution < -0.4 is 14.4 Å². The molecular formula is C19H21NO3. The Morgan fingerprint density at radius 1 is 1.30 bits per heavy atom. The Labute approximate surface area is 136 Å². The van der Waals surface area contributed by atoms with E-state index in [-0.39, 0.29) is 12.0 Å². The lowest BCUT2D eigenvalue weighted by Crippen LogP contribution is -2.43. The average molecular weight is 311 g/mol. The minimum atomic E-state index is -0.0223. The van der Waals surface area contributed by atoms with E-state index in [0.29, 0.717) is 13.0 Å². The lowest BCUT2D eigenvalue weighted by atomic mass is 10.1. The van der Waals surface area contributed by atoms with Crippen LogP contribution >= 0.6 is 0 Å². The first-order valence-electron chi connectivity index (χ1n) is 7.78. The van der Waals surface area contributed by atoms with E-state index < -0.39 is 0 Å². The second kappa shape index (κ2) is 6.32. The van der Waals surface area contributed by atoms with Crippen molar-refractivity contribution in [3.8, 4) is 11.5 Å². The Kier molecular flexibility index (Phi) is 4.24. The Bertz CT molecular complexity index is 726. The van der Waals surface area contributed by atoms with Crippen molar-refractivity contribution in [2.24, 2.45) is 0 Å². The highest BCUT2D eigenvalue weighted by Crippen LogP contribution is 2.34. The highest BCUT2D eigenvalue weighted by molar-refractivity contribution is 5.97. The number of nitrogens with zero attached hydrogens (tertiary/aromatic N) is 1. The summed E-state index contributed by atoms with van der Waals surface area (Å²) in [6.45, 7) is 4.56. The van der Waals surface area contributed by atoms with Crippen LogP contribution in [0.1, 0.15) is 18.1 Å². The lowest BCUT2D eigenvalue weighted by Gasteiger charge is -2.33. The molecule has 0 N–H and O–H groups in total. The van der Waals surface area contributed by atoms with Gasteiger partial charge in [-0.2, -0.15) is 0 Å². The standard InChI is InChI=1S/C19H21NO3/c1-13-8-9-16-18(10-13)23-14(2)12-20(16)19(21)11-15-6-4-5-7-17(15)22-3/h4-10,14H,11-12H2,1-3H3. The molecule has 0 aromatic heterocycles. The van der Waals surface area contributed by atoms with Crippen LogP contribution in [0.15, 0.2) is 42.5 Å². The van der Waals surface area contributed by atoms with Crippen molar-refractivity contribution in [1.29, 1.82) is 0 Å². The van der Waals surface area contributed by atoms with E-state index in [4.69, 9.17) is 9.47 Å². The van der Waals surface area contributed by atoms with Crippen molar-refractivity contribution in [1.82, 2.24) is 0 Å². The normalized spacial score (nSPS) is 16.5. The topological polar surface area (TPSA) is 38.8 Å². The van der Waals surface area contributed by atoms with Crippen LogP contribution in [-0.4, -0.2) is 25.7 Å². The molecule has 0 radical (unpaired) electrons. The summed E-state index contributed by atoms with van der Waals surface area (Å²) in [5.41, 5.74) is 2.86. The number of fused-ring (bicyclic) bond motifs is 1. The monoisotopic (exact) mass is 311 g/mol. The molecule has 1 unspecified atom stereocenters. The van der Waals surface area contributed by atoms with Gasteiger partial charge in [-0.15, -0.1) is 0 Å². The number of ether oxygens (including phenoxy) is 2. The van der Waals surface area contributed by atoms with Gasteiger partial charge in [-0.25, -0.2) is 0 Å². The van der Waals surface area contributed by atoms with E-state index >= 15 is 0 Å². The van der Waals surface area contributed by atoms with Crippen molar-refractivity contribution >= 4 is 11.6 Å². The van der Waals surface area contributed by atoms with Gasteiger partial charge >= 0.3 is 0 Å². The molecule has 23 heavy (non-hydrogen) atoms. The molecule has 0 bridgehead atoms. The Balaban J connectivity index is 1.88. The third-order valence-electron chi connectivity index (χ3n) is 4.01. The number of rotatable bonds is 3. The number of methoxy groups -OCH3 is 1. The van der Waals surface area contributed by atoms with Crippen molar-refractivity contribution in [3.63, 3.8) is 0 Å². The number of carbonyl (C=O) groups excluding carboxylic acids is 1. The van der Waals surface area contributed by atoms with Crippen molar-refractivity contribution in [2.75, 3.05) is 18.6 Å². The maximum atomic E-state index is 12.8. The van der Waals surface area contributed by atoms with E-state index in [2.05, 4.69) is 0 Å². The number of aryl methyl sites for hydroxylation is 1. The molecule has 0 aliphatic carbocycles. The van der Waals surface area contributed by atoms with Gasteiger partial charge in [0.1, 0.15) is 17.6 Å². The third-order valence-corrected chi connectivity index (χ3v) is 4.01. The van der Waals surface area contributed by atoms with Gasteiger partial charge in [0.25, 0.3) is 0 Å². The summed E-state index contributed by atoms with van der Waals surface area (Å²) in [6, 6.07) is 13.6. The minimum absolute atomic E-state index is 0.0223. The lowest BCUT2D eigenvalue weighted by molar-refractivity contribution is -0.118. The van der Waals surface area contributed by atoms with Gasteiger partial charge in [-0.05, 0) is 37.6 Å². The molecule has 2 aromatic carbocycles. The first kappa shape index (κ1) is 15.4. The van der Waals surface area contributed by atoms with Crippen LogP contribution in [0.4, 0.5) is 5.69 Å². The highest BCUT2D eigenvalue weighted by atomic mass is 16.5. The first-order valence-corrected chi connectivity index (χ1v) is 7.78. The number of hydrogen-bond acceptors (Lipinski definition) is 3. The summed E-state index contributed by atoms with van der Waals surface area (Å²) in [5.74, 6) is 1.57. The van der Waals surface area contributed by atoms with Crippen LogP contribution in [0.5, 0.6) is 11.5 Å². The number of carbonyl (C=O) groups is 1. The van der Waals surface area contributed by atoms with E-state index in [1.165, 1.54) is 0 Å². The van der Waals surface area contributed by atoms with Gasteiger partial charge in [-0.3, -0.25) is 4.79 Å². The fraction of sp³-hybridized carbons (Fsp3) is 0.316. The van der Waals surface area contributed by atoms with Gasteiger partial charge < -0.3 is 14.4 Å². The van der Waals surface area contributed by atoms with Crippen molar-refractivity contribution < 1.29 is 14.3 Å². The molecule has 4 heteroatoms. The maximum absolute atomic E-state index is 12.8. The molecule has 120 valence electrons. The Hall–Kier alpha value is -2.49. The molecule has 4 nitrogen and oxygen atoms in total. The van der Waals surface area contributed by atoms with E-state index in [1.807, 2.05) is 61.2 Å². The van der Waals surface area contributed by atoms with Crippen LogP contribution in [0, 0.1) is 6.92 Å². The summed E-state index contributed by atoms with van der Waals surface area (Å²) in [4.78, 5) is 14.7. The zero-order chi connectivity index (χ0) is 16.4. The van der Waals surface area contributed by atoms with Crippen LogP contribution in [0.2, 0.25) is 0 Å². The summed E-state index contributed by atoms with van der Waals surface area (Å²) in [6.07, 6.45) is 0.287. The molecule has 1 heterocycles. The predicted octanol–water partition coefficient (Wildman–Crippen LogP) is 3.36. The van der Waals surface area contributed by atoms with Crippen molar-refractivity contribution in [2.45, 2.75) is 26.4 Å². The van der Waals surface area contributed by atoms with Crippen LogP contribution in [0.25, 0.3) is 0 Å². The molecule has 0 saturated carbocycles. The number of benzene rings is 2. The second-order valence-corrected chi connectivity index (χ2v) is 5.89. The van der Waals surface area contributed by atoms with E-state index in [1.54, 1.807) is 7.11 Å². The smallest absolute Gasteiger partial charge is 0.231 e. The fourth-order valence-electron chi connectivity index (χ4n) is 2.89. The molecule has 0 spiro atoms. The zero-order valence-electron chi connectivity index (χ0n) is 13.7. The molecule has 3 rings (SSSR count). The van der Waals surface area contributed by atoms with E-state index in [0.717, 1.165) is 28.3 Å². The summed E-state index contributed by atoms with van der Waals surface area (Å²) in [7, 11) is 1.62. The minimum Gasteiger partial charge on any atom is -0.496 e. The zero-order valence-corrected chi connectivity index (χ0v) is 13.7. The van der Waals surface area contributed by atoms with Gasteiger partial charge in [0.2, 0.25) is 5.91 Å². The third kappa shape index (κ3) is 3.16. The number of para-hydroxylation sites is 1. The molecule has 1 atom stereocenters. The number of amides is 1. The first-order chi connectivity index (χ1) is 11.1. The highest BCUT2D eigenvalue weighted by Gasteiger charge is 2.28. The SMILES string of the molecule is COc1ccccc1CC(=O)N1CC(C)Oc2cc(C)ccc21. The molecule has 1 aliphatic rings. The Morgan fingerprint density at radius 3 is 2.87 bits per heavy atom. The summed E-state index contributed by atoms with van der Waals surface area (Å²) >= 11 is 0. The quantitative estimate of drug-likeness (QED) is 0.872. The predicted molar refractivity (Wildman–Crippen MR) is 90.3 cm³/mol. The Morgan fingerprint density at radius 2 is 2.09 bits per heavy atom. The average Bonchev–Trinajstić information content (AvgIpc) is 2.54. The molecule has 2 aromatic rings. The summed E-state index contributed by atoms with van der Waals surface area (Å²) in [5, 5.41) is 0. The molecule has 1 aliphatic heterocycles. The number of hydrogen-bond donors (Lipinski definition) is 0. The fourth-order valence-corrected chi connectivity index (χ4v) is 2.89.